The molecule has 1 N–H and O–H groups in total. The molecule has 0 radical (unpaired) electrons. The van der Waals surface area contributed by atoms with Crippen molar-refractivity contribution in [1.82, 2.24) is 20.3 Å². The lowest BCUT2D eigenvalue weighted by molar-refractivity contribution is 0.543. The first kappa shape index (κ1) is 14.7. The van der Waals surface area contributed by atoms with E-state index in [1.54, 1.807) is 4.68 Å². The van der Waals surface area contributed by atoms with Gasteiger partial charge >= 0.3 is 0 Å². The van der Waals surface area contributed by atoms with Gasteiger partial charge in [-0.05, 0) is 46.8 Å². The Balaban J connectivity index is 2.21. The fraction of sp³-hybridized carbons (Fsp3) is 0.385. The SMILES string of the molecule is CCNC(Cc1cn(C)nn1)c1ccc(I)c(Cl)c1. The molecule has 0 bridgehead atoms. The minimum Gasteiger partial charge on any atom is -0.310 e. The Morgan fingerprint density at radius 3 is 2.84 bits per heavy atom. The van der Waals surface area contributed by atoms with Gasteiger partial charge in [-0.3, -0.25) is 4.68 Å². The summed E-state index contributed by atoms with van der Waals surface area (Å²) in [7, 11) is 1.88. The van der Waals surface area contributed by atoms with Crippen molar-refractivity contribution >= 4 is 34.2 Å². The van der Waals surface area contributed by atoms with E-state index in [4.69, 9.17) is 11.6 Å². The number of nitrogens with zero attached hydrogens (tertiary/aromatic N) is 3. The van der Waals surface area contributed by atoms with Gasteiger partial charge in [-0.15, -0.1) is 5.10 Å². The lowest BCUT2D eigenvalue weighted by Crippen LogP contribution is -2.23. The molecular formula is C13H16ClIN4. The zero-order valence-corrected chi connectivity index (χ0v) is 13.8. The maximum Gasteiger partial charge on any atom is 0.0845 e. The molecule has 1 aromatic carbocycles. The van der Waals surface area contributed by atoms with Crippen molar-refractivity contribution in [2.45, 2.75) is 19.4 Å². The van der Waals surface area contributed by atoms with Gasteiger partial charge in [-0.2, -0.15) is 0 Å². The fourth-order valence-electron chi connectivity index (χ4n) is 1.98. The number of nitrogens with one attached hydrogen (secondary N) is 1. The van der Waals surface area contributed by atoms with E-state index >= 15 is 0 Å². The highest BCUT2D eigenvalue weighted by atomic mass is 127. The molecular weight excluding hydrogens is 375 g/mol. The number of likely N-dealkylation sites (N-methyl/N-ethyl adjacent to an activating group) is 1. The summed E-state index contributed by atoms with van der Waals surface area (Å²) in [5.41, 5.74) is 2.15. The smallest absolute Gasteiger partial charge is 0.0845 e. The van der Waals surface area contributed by atoms with E-state index in [0.29, 0.717) is 0 Å². The van der Waals surface area contributed by atoms with Crippen LogP contribution in [0.4, 0.5) is 0 Å². The largest absolute Gasteiger partial charge is 0.310 e. The molecule has 4 nitrogen and oxygen atoms in total. The summed E-state index contributed by atoms with van der Waals surface area (Å²) in [6, 6.07) is 6.38. The summed E-state index contributed by atoms with van der Waals surface area (Å²) in [5.74, 6) is 0. The number of benzene rings is 1. The van der Waals surface area contributed by atoms with Crippen LogP contribution >= 0.6 is 34.2 Å². The number of hydrogen-bond acceptors (Lipinski definition) is 3. The highest BCUT2D eigenvalue weighted by molar-refractivity contribution is 14.1. The maximum absolute atomic E-state index is 6.20. The van der Waals surface area contributed by atoms with Gasteiger partial charge in [0.05, 0.1) is 10.7 Å². The molecule has 0 aliphatic carbocycles. The molecule has 2 rings (SSSR count). The van der Waals surface area contributed by atoms with Gasteiger partial charge in [0.1, 0.15) is 0 Å². The van der Waals surface area contributed by atoms with Crippen LogP contribution in [0.3, 0.4) is 0 Å². The van der Waals surface area contributed by atoms with E-state index in [0.717, 1.165) is 27.3 Å². The second kappa shape index (κ2) is 6.67. The molecule has 2 aromatic rings. The quantitative estimate of drug-likeness (QED) is 0.798. The van der Waals surface area contributed by atoms with Crippen LogP contribution in [0.1, 0.15) is 24.2 Å². The summed E-state index contributed by atoms with van der Waals surface area (Å²) < 4.78 is 2.79. The normalized spacial score (nSPS) is 12.6. The first-order valence-electron chi connectivity index (χ1n) is 6.13. The zero-order chi connectivity index (χ0) is 13.8. The van der Waals surface area contributed by atoms with Gasteiger partial charge in [-0.1, -0.05) is 29.8 Å². The summed E-state index contributed by atoms with van der Waals surface area (Å²) >= 11 is 8.43. The van der Waals surface area contributed by atoms with Crippen LogP contribution in [-0.2, 0) is 13.5 Å². The van der Waals surface area contributed by atoms with Crippen molar-refractivity contribution in [3.63, 3.8) is 0 Å². The van der Waals surface area contributed by atoms with E-state index < -0.39 is 0 Å². The van der Waals surface area contributed by atoms with Crippen LogP contribution in [0.5, 0.6) is 0 Å². The van der Waals surface area contributed by atoms with Gasteiger partial charge < -0.3 is 5.32 Å². The highest BCUT2D eigenvalue weighted by Crippen LogP contribution is 2.25. The molecule has 0 aliphatic heterocycles. The van der Waals surface area contributed by atoms with E-state index in [1.807, 2.05) is 25.4 Å². The van der Waals surface area contributed by atoms with Crippen molar-refractivity contribution in [3.8, 4) is 0 Å². The Kier molecular flexibility index (Phi) is 5.18. The summed E-state index contributed by atoms with van der Waals surface area (Å²) in [5, 5.41) is 12.4. The fourth-order valence-corrected chi connectivity index (χ4v) is 2.51. The van der Waals surface area contributed by atoms with Crippen molar-refractivity contribution in [2.75, 3.05) is 6.54 Å². The van der Waals surface area contributed by atoms with E-state index in [9.17, 15) is 0 Å². The van der Waals surface area contributed by atoms with Crippen LogP contribution in [-0.4, -0.2) is 21.5 Å². The molecule has 102 valence electrons. The molecule has 0 saturated heterocycles. The minimum atomic E-state index is 0.205. The van der Waals surface area contributed by atoms with Crippen molar-refractivity contribution < 1.29 is 0 Å². The van der Waals surface area contributed by atoms with Crippen molar-refractivity contribution in [3.05, 3.63) is 44.2 Å². The van der Waals surface area contributed by atoms with Crippen LogP contribution in [0.15, 0.2) is 24.4 Å². The van der Waals surface area contributed by atoms with Gasteiger partial charge in [0.15, 0.2) is 0 Å². The van der Waals surface area contributed by atoms with Crippen molar-refractivity contribution in [2.24, 2.45) is 7.05 Å². The second-order valence-corrected chi connectivity index (χ2v) is 5.94. The summed E-state index contributed by atoms with van der Waals surface area (Å²) in [4.78, 5) is 0. The molecule has 1 aromatic heterocycles. The Hall–Kier alpha value is -0.660. The van der Waals surface area contributed by atoms with Gasteiger partial charge in [0, 0.05) is 29.3 Å². The maximum atomic E-state index is 6.20. The molecule has 0 fully saturated rings. The number of hydrogen-bond donors (Lipinski definition) is 1. The van der Waals surface area contributed by atoms with Gasteiger partial charge in [0.25, 0.3) is 0 Å². The third kappa shape index (κ3) is 3.90. The molecule has 0 saturated carbocycles. The van der Waals surface area contributed by atoms with Crippen molar-refractivity contribution in [1.29, 1.82) is 0 Å². The molecule has 1 heterocycles. The highest BCUT2D eigenvalue weighted by Gasteiger charge is 2.14. The average molecular weight is 391 g/mol. The lowest BCUT2D eigenvalue weighted by atomic mass is 10.0. The average Bonchev–Trinajstić information content (AvgIpc) is 2.78. The second-order valence-electron chi connectivity index (χ2n) is 4.37. The number of aromatic nitrogens is 3. The van der Waals surface area contributed by atoms with Crippen LogP contribution < -0.4 is 5.32 Å². The standard InChI is InChI=1S/C13H16ClIN4/c1-3-16-13(7-10-8-19(2)18-17-10)9-4-5-12(15)11(14)6-9/h4-6,8,13,16H,3,7H2,1-2H3. The first-order chi connectivity index (χ1) is 9.10. The molecule has 0 amide bonds. The first-order valence-corrected chi connectivity index (χ1v) is 7.59. The third-order valence-electron chi connectivity index (χ3n) is 2.86. The predicted octanol–water partition coefficient (Wildman–Crippen LogP) is 2.97. The molecule has 1 unspecified atom stereocenters. The predicted molar refractivity (Wildman–Crippen MR) is 85.3 cm³/mol. The molecule has 19 heavy (non-hydrogen) atoms. The lowest BCUT2D eigenvalue weighted by Gasteiger charge is -2.17. The van der Waals surface area contributed by atoms with Crippen LogP contribution in [0.2, 0.25) is 5.02 Å². The minimum absolute atomic E-state index is 0.205. The summed E-state index contributed by atoms with van der Waals surface area (Å²) in [6.07, 6.45) is 2.75. The molecule has 0 spiro atoms. The topological polar surface area (TPSA) is 42.7 Å². The van der Waals surface area contributed by atoms with E-state index in [1.165, 1.54) is 5.56 Å². The monoisotopic (exact) mass is 390 g/mol. The molecule has 1 atom stereocenters. The zero-order valence-electron chi connectivity index (χ0n) is 10.9. The van der Waals surface area contributed by atoms with E-state index in [2.05, 4.69) is 51.2 Å². The Morgan fingerprint density at radius 1 is 1.47 bits per heavy atom. The van der Waals surface area contributed by atoms with Gasteiger partial charge in [0.2, 0.25) is 0 Å². The number of halogens is 2. The van der Waals surface area contributed by atoms with E-state index in [-0.39, 0.29) is 6.04 Å². The van der Waals surface area contributed by atoms with Gasteiger partial charge in [-0.25, -0.2) is 0 Å². The Labute approximate surface area is 131 Å². The van der Waals surface area contributed by atoms with Crippen LogP contribution in [0.25, 0.3) is 0 Å². The number of aryl methyl sites for hydroxylation is 1. The van der Waals surface area contributed by atoms with Crippen LogP contribution in [0, 0.1) is 3.57 Å². The Morgan fingerprint density at radius 2 is 2.26 bits per heavy atom. The number of rotatable bonds is 5. The molecule has 0 aliphatic rings. The molecule has 6 heteroatoms. The third-order valence-corrected chi connectivity index (χ3v) is 4.43. The summed E-state index contributed by atoms with van der Waals surface area (Å²) in [6.45, 7) is 2.99. The Bertz CT molecular complexity index is 555.